The highest BCUT2D eigenvalue weighted by Crippen LogP contribution is 2.30. The maximum atomic E-state index is 5.18. The predicted molar refractivity (Wildman–Crippen MR) is 73.4 cm³/mol. The van der Waals surface area contributed by atoms with E-state index in [1.807, 2.05) is 13.8 Å². The van der Waals surface area contributed by atoms with E-state index >= 15 is 0 Å². The van der Waals surface area contributed by atoms with Crippen LogP contribution in [0.5, 0.6) is 0 Å². The molecule has 0 atom stereocenters. The number of hydrogen-bond acceptors (Lipinski definition) is 3. The monoisotopic (exact) mass is 250 g/mol. The van der Waals surface area contributed by atoms with Gasteiger partial charge in [0.1, 0.15) is 5.76 Å². The molecule has 1 heterocycles. The van der Waals surface area contributed by atoms with E-state index in [0.29, 0.717) is 0 Å². The number of hydrogen-bond donors (Lipinski definition) is 1. The van der Waals surface area contributed by atoms with Crippen molar-refractivity contribution >= 4 is 0 Å². The highest BCUT2D eigenvalue weighted by atomic mass is 16.5. The van der Waals surface area contributed by atoms with Gasteiger partial charge < -0.3 is 9.84 Å². The van der Waals surface area contributed by atoms with Gasteiger partial charge in [-0.1, -0.05) is 31.3 Å². The average molecular weight is 250 g/mol. The molecule has 0 aromatic carbocycles. The quantitative estimate of drug-likeness (QED) is 0.867. The summed E-state index contributed by atoms with van der Waals surface area (Å²) in [6.07, 6.45) is 7.00. The molecule has 1 aliphatic carbocycles. The molecule has 0 bridgehead atoms. The van der Waals surface area contributed by atoms with Crippen LogP contribution >= 0.6 is 0 Å². The zero-order valence-corrected chi connectivity index (χ0v) is 12.0. The number of aryl methyl sites for hydroxylation is 2. The first kappa shape index (κ1) is 13.6. The summed E-state index contributed by atoms with van der Waals surface area (Å²) in [6.45, 7) is 8.36. The van der Waals surface area contributed by atoms with Gasteiger partial charge in [-0.05, 0) is 45.1 Å². The Balaban J connectivity index is 1.70. The number of nitrogens with zero attached hydrogens (tertiary/aromatic N) is 1. The van der Waals surface area contributed by atoms with Gasteiger partial charge in [0.2, 0.25) is 0 Å². The van der Waals surface area contributed by atoms with Gasteiger partial charge >= 0.3 is 0 Å². The third-order valence-electron chi connectivity index (χ3n) is 4.46. The van der Waals surface area contributed by atoms with Crippen LogP contribution in [0.1, 0.15) is 56.0 Å². The topological polar surface area (TPSA) is 38.1 Å². The second-order valence-electron chi connectivity index (χ2n) is 5.73. The predicted octanol–water partition coefficient (Wildman–Crippen LogP) is 3.60. The SMILES string of the molecule is CCC1CCC(CNCc2c(C)noc2C)CC1. The zero-order valence-electron chi connectivity index (χ0n) is 12.0. The molecule has 1 fully saturated rings. The van der Waals surface area contributed by atoms with Crippen molar-refractivity contribution in [3.05, 3.63) is 17.0 Å². The maximum absolute atomic E-state index is 5.18. The van der Waals surface area contributed by atoms with E-state index in [9.17, 15) is 0 Å². The fourth-order valence-corrected chi connectivity index (χ4v) is 3.00. The Morgan fingerprint density at radius 1 is 1.17 bits per heavy atom. The van der Waals surface area contributed by atoms with Gasteiger partial charge in [-0.25, -0.2) is 0 Å². The van der Waals surface area contributed by atoms with Gasteiger partial charge in [0.15, 0.2) is 0 Å². The molecule has 1 aromatic heterocycles. The van der Waals surface area contributed by atoms with Crippen LogP contribution in [0.15, 0.2) is 4.52 Å². The lowest BCUT2D eigenvalue weighted by atomic mass is 9.81. The van der Waals surface area contributed by atoms with Gasteiger partial charge in [-0.15, -0.1) is 0 Å². The van der Waals surface area contributed by atoms with Gasteiger partial charge in [0.05, 0.1) is 5.69 Å². The van der Waals surface area contributed by atoms with Crippen LogP contribution in [-0.2, 0) is 6.54 Å². The molecule has 2 rings (SSSR count). The molecule has 0 saturated heterocycles. The van der Waals surface area contributed by atoms with Crippen LogP contribution in [-0.4, -0.2) is 11.7 Å². The van der Waals surface area contributed by atoms with E-state index in [4.69, 9.17) is 4.52 Å². The molecule has 18 heavy (non-hydrogen) atoms. The van der Waals surface area contributed by atoms with Gasteiger partial charge in [-0.3, -0.25) is 0 Å². The molecular weight excluding hydrogens is 224 g/mol. The van der Waals surface area contributed by atoms with Crippen molar-refractivity contribution in [2.45, 2.75) is 59.4 Å². The minimum atomic E-state index is 0.869. The molecule has 102 valence electrons. The average Bonchev–Trinajstić information content (AvgIpc) is 2.71. The maximum Gasteiger partial charge on any atom is 0.138 e. The minimum Gasteiger partial charge on any atom is -0.361 e. The molecule has 0 aliphatic heterocycles. The number of aromatic nitrogens is 1. The van der Waals surface area contributed by atoms with Gasteiger partial charge in [-0.2, -0.15) is 0 Å². The summed E-state index contributed by atoms with van der Waals surface area (Å²) in [5, 5.41) is 7.56. The highest BCUT2D eigenvalue weighted by molar-refractivity contribution is 5.20. The van der Waals surface area contributed by atoms with E-state index < -0.39 is 0 Å². The summed E-state index contributed by atoms with van der Waals surface area (Å²) >= 11 is 0. The second-order valence-corrected chi connectivity index (χ2v) is 5.73. The smallest absolute Gasteiger partial charge is 0.138 e. The van der Waals surface area contributed by atoms with E-state index in [2.05, 4.69) is 17.4 Å². The van der Waals surface area contributed by atoms with Crippen LogP contribution < -0.4 is 5.32 Å². The Hall–Kier alpha value is -0.830. The Labute approximate surface area is 110 Å². The van der Waals surface area contributed by atoms with Crippen molar-refractivity contribution < 1.29 is 4.52 Å². The van der Waals surface area contributed by atoms with Gasteiger partial charge in [0.25, 0.3) is 0 Å². The minimum absolute atomic E-state index is 0.869. The molecule has 3 heteroatoms. The van der Waals surface area contributed by atoms with Crippen molar-refractivity contribution in [1.29, 1.82) is 0 Å². The molecule has 0 spiro atoms. The Bertz CT molecular complexity index is 345. The van der Waals surface area contributed by atoms with Crippen molar-refractivity contribution in [1.82, 2.24) is 10.5 Å². The van der Waals surface area contributed by atoms with Crippen LogP contribution in [0.25, 0.3) is 0 Å². The molecule has 0 radical (unpaired) electrons. The van der Waals surface area contributed by atoms with Crippen molar-refractivity contribution in [3.8, 4) is 0 Å². The highest BCUT2D eigenvalue weighted by Gasteiger charge is 2.19. The van der Waals surface area contributed by atoms with Crippen LogP contribution in [0, 0.1) is 25.7 Å². The second kappa shape index (κ2) is 6.37. The Morgan fingerprint density at radius 3 is 2.39 bits per heavy atom. The third-order valence-corrected chi connectivity index (χ3v) is 4.46. The summed E-state index contributed by atoms with van der Waals surface area (Å²) in [4.78, 5) is 0. The molecule has 3 nitrogen and oxygen atoms in total. The van der Waals surface area contributed by atoms with Crippen molar-refractivity contribution in [2.75, 3.05) is 6.54 Å². The first-order valence-corrected chi connectivity index (χ1v) is 7.33. The molecule has 1 saturated carbocycles. The summed E-state index contributed by atoms with van der Waals surface area (Å²) in [5.41, 5.74) is 2.26. The van der Waals surface area contributed by atoms with E-state index in [0.717, 1.165) is 36.4 Å². The molecular formula is C15H26N2O. The number of nitrogens with one attached hydrogen (secondary N) is 1. The van der Waals surface area contributed by atoms with E-state index in [1.54, 1.807) is 0 Å². The summed E-state index contributed by atoms with van der Waals surface area (Å²) in [5.74, 6) is 2.81. The van der Waals surface area contributed by atoms with Crippen LogP contribution in [0.3, 0.4) is 0 Å². The lowest BCUT2D eigenvalue weighted by Gasteiger charge is -2.27. The van der Waals surface area contributed by atoms with Crippen molar-refractivity contribution in [2.24, 2.45) is 11.8 Å². The third kappa shape index (κ3) is 3.35. The van der Waals surface area contributed by atoms with Crippen molar-refractivity contribution in [3.63, 3.8) is 0 Å². The molecule has 0 unspecified atom stereocenters. The molecule has 1 N–H and O–H groups in total. The first-order valence-electron chi connectivity index (χ1n) is 7.33. The van der Waals surface area contributed by atoms with E-state index in [-0.39, 0.29) is 0 Å². The fraction of sp³-hybridized carbons (Fsp3) is 0.800. The number of rotatable bonds is 5. The Morgan fingerprint density at radius 2 is 1.83 bits per heavy atom. The summed E-state index contributed by atoms with van der Waals surface area (Å²) in [7, 11) is 0. The molecule has 1 aliphatic rings. The molecule has 0 amide bonds. The molecule has 1 aromatic rings. The van der Waals surface area contributed by atoms with Gasteiger partial charge in [0, 0.05) is 12.1 Å². The van der Waals surface area contributed by atoms with Crippen LogP contribution in [0.2, 0.25) is 0 Å². The zero-order chi connectivity index (χ0) is 13.0. The first-order chi connectivity index (χ1) is 8.70. The normalized spacial score (nSPS) is 24.4. The van der Waals surface area contributed by atoms with Crippen LogP contribution in [0.4, 0.5) is 0 Å². The largest absolute Gasteiger partial charge is 0.361 e. The van der Waals surface area contributed by atoms with E-state index in [1.165, 1.54) is 37.7 Å². The lowest BCUT2D eigenvalue weighted by molar-refractivity contribution is 0.262. The Kier molecular flexibility index (Phi) is 4.81. The summed E-state index contributed by atoms with van der Waals surface area (Å²) in [6, 6.07) is 0. The lowest BCUT2D eigenvalue weighted by Crippen LogP contribution is -2.26. The fourth-order valence-electron chi connectivity index (χ4n) is 3.00. The standard InChI is InChI=1S/C15H26N2O/c1-4-13-5-7-14(8-6-13)9-16-10-15-11(2)17-18-12(15)3/h13-14,16H,4-10H2,1-3H3. The summed E-state index contributed by atoms with van der Waals surface area (Å²) < 4.78 is 5.18.